The van der Waals surface area contributed by atoms with Crippen LogP contribution in [0.5, 0.6) is 0 Å². The lowest BCUT2D eigenvalue weighted by molar-refractivity contribution is -0.154. The number of alkyl carbamates (subject to hydrolysis) is 1. The number of likely N-dealkylation sites (tertiary alicyclic amines) is 1. The van der Waals surface area contributed by atoms with Crippen LogP contribution in [0.3, 0.4) is 0 Å². The molecule has 176 valence electrons. The molecule has 0 aromatic rings. The van der Waals surface area contributed by atoms with Crippen LogP contribution in [-0.4, -0.2) is 65.9 Å². The maximum atomic E-state index is 13.8. The highest BCUT2D eigenvalue weighted by atomic mass is 16.6. The minimum absolute atomic E-state index is 0.0184. The third-order valence-electron chi connectivity index (χ3n) is 6.58. The van der Waals surface area contributed by atoms with Gasteiger partial charge >= 0.3 is 12.1 Å². The number of rotatable bonds is 4. The van der Waals surface area contributed by atoms with Gasteiger partial charge in [0.2, 0.25) is 5.91 Å². The average molecular weight is 439 g/mol. The van der Waals surface area contributed by atoms with Crippen LogP contribution in [0, 0.1) is 11.8 Å². The van der Waals surface area contributed by atoms with E-state index in [9.17, 15) is 14.4 Å². The molecule has 4 atom stereocenters. The van der Waals surface area contributed by atoms with Crippen molar-refractivity contribution in [3.63, 3.8) is 0 Å². The molecule has 2 aliphatic heterocycles. The lowest BCUT2D eigenvalue weighted by atomic mass is 9.83. The van der Waals surface area contributed by atoms with E-state index in [1.165, 1.54) is 7.11 Å². The van der Waals surface area contributed by atoms with Gasteiger partial charge in [0.1, 0.15) is 17.7 Å². The largest absolute Gasteiger partial charge is 0.467 e. The first-order valence-corrected chi connectivity index (χ1v) is 11.5. The first-order valence-electron chi connectivity index (χ1n) is 11.5. The number of esters is 1. The minimum atomic E-state index is -0.728. The van der Waals surface area contributed by atoms with E-state index in [0.29, 0.717) is 13.0 Å². The van der Waals surface area contributed by atoms with Crippen molar-refractivity contribution in [1.82, 2.24) is 10.2 Å². The molecule has 0 aromatic heterocycles. The predicted octanol–water partition coefficient (Wildman–Crippen LogP) is 3.03. The Hall–Kier alpha value is -1.83. The fourth-order valence-electron chi connectivity index (χ4n) is 5.38. The van der Waals surface area contributed by atoms with Crippen molar-refractivity contribution >= 4 is 18.0 Å². The van der Waals surface area contributed by atoms with Crippen LogP contribution in [0.25, 0.3) is 0 Å². The Kier molecular flexibility index (Phi) is 6.89. The van der Waals surface area contributed by atoms with E-state index in [4.69, 9.17) is 14.2 Å². The highest BCUT2D eigenvalue weighted by molar-refractivity contribution is 5.91. The third kappa shape index (κ3) is 5.51. The Morgan fingerprint density at radius 3 is 2.35 bits per heavy atom. The Morgan fingerprint density at radius 2 is 1.77 bits per heavy atom. The quantitative estimate of drug-likeness (QED) is 0.678. The zero-order valence-corrected chi connectivity index (χ0v) is 19.7. The van der Waals surface area contributed by atoms with E-state index < -0.39 is 29.7 Å². The number of hydrogen-bond acceptors (Lipinski definition) is 6. The number of fused-ring (bicyclic) bond motifs is 1. The molecule has 1 saturated carbocycles. The average Bonchev–Trinajstić information content (AvgIpc) is 3.15. The molecule has 0 aromatic carbocycles. The summed E-state index contributed by atoms with van der Waals surface area (Å²) in [7, 11) is 1.34. The smallest absolute Gasteiger partial charge is 0.408 e. The summed E-state index contributed by atoms with van der Waals surface area (Å²) in [5.74, 6) is -0.768. The van der Waals surface area contributed by atoms with E-state index in [1.807, 2.05) is 13.8 Å². The highest BCUT2D eigenvalue weighted by Gasteiger charge is 2.56. The first kappa shape index (κ1) is 23.8. The second-order valence-corrected chi connectivity index (χ2v) is 10.8. The lowest BCUT2D eigenvalue weighted by Gasteiger charge is -2.35. The van der Waals surface area contributed by atoms with Crippen molar-refractivity contribution in [3.05, 3.63) is 0 Å². The van der Waals surface area contributed by atoms with E-state index in [0.717, 1.165) is 32.1 Å². The van der Waals surface area contributed by atoms with Crippen LogP contribution < -0.4 is 5.32 Å². The topological polar surface area (TPSA) is 94.2 Å². The molecule has 2 amide bonds. The maximum absolute atomic E-state index is 13.8. The Balaban J connectivity index is 1.83. The summed E-state index contributed by atoms with van der Waals surface area (Å²) in [6, 6.07) is -1.43. The Labute approximate surface area is 185 Å². The summed E-state index contributed by atoms with van der Waals surface area (Å²) >= 11 is 0. The Morgan fingerprint density at radius 1 is 1.13 bits per heavy atom. The third-order valence-corrected chi connectivity index (χ3v) is 6.58. The molecule has 3 aliphatic rings. The van der Waals surface area contributed by atoms with Gasteiger partial charge in [-0.05, 0) is 59.8 Å². The van der Waals surface area contributed by atoms with Crippen molar-refractivity contribution in [2.75, 3.05) is 13.7 Å². The molecular formula is C23H38N2O6. The monoisotopic (exact) mass is 438 g/mol. The van der Waals surface area contributed by atoms with E-state index in [-0.39, 0.29) is 29.4 Å². The zero-order chi connectivity index (χ0) is 23.0. The molecule has 8 heteroatoms. The zero-order valence-electron chi connectivity index (χ0n) is 19.7. The number of amides is 2. The van der Waals surface area contributed by atoms with Crippen molar-refractivity contribution in [1.29, 1.82) is 0 Å². The molecule has 1 aliphatic carbocycles. The van der Waals surface area contributed by atoms with Crippen LogP contribution in [0.4, 0.5) is 4.79 Å². The van der Waals surface area contributed by atoms with Gasteiger partial charge in [0.05, 0.1) is 18.8 Å². The van der Waals surface area contributed by atoms with Gasteiger partial charge in [-0.3, -0.25) is 4.79 Å². The number of ether oxygens (including phenoxy) is 3. The number of methoxy groups -OCH3 is 1. The van der Waals surface area contributed by atoms with E-state index in [1.54, 1.807) is 25.7 Å². The maximum Gasteiger partial charge on any atom is 0.408 e. The fraction of sp³-hybridized carbons (Fsp3) is 0.870. The van der Waals surface area contributed by atoms with Crippen LogP contribution >= 0.6 is 0 Å². The van der Waals surface area contributed by atoms with Gasteiger partial charge in [0.15, 0.2) is 0 Å². The van der Waals surface area contributed by atoms with Crippen LogP contribution in [0.15, 0.2) is 0 Å². The summed E-state index contributed by atoms with van der Waals surface area (Å²) in [4.78, 5) is 40.6. The molecule has 0 spiro atoms. The fourth-order valence-corrected chi connectivity index (χ4v) is 5.38. The summed E-state index contributed by atoms with van der Waals surface area (Å²) in [5.41, 5.74) is -1.00. The van der Waals surface area contributed by atoms with Gasteiger partial charge in [-0.25, -0.2) is 9.59 Å². The molecule has 2 heterocycles. The van der Waals surface area contributed by atoms with E-state index in [2.05, 4.69) is 5.32 Å². The summed E-state index contributed by atoms with van der Waals surface area (Å²) in [6.07, 6.45) is 4.75. The molecular weight excluding hydrogens is 400 g/mol. The summed E-state index contributed by atoms with van der Waals surface area (Å²) in [5, 5.41) is 2.83. The number of nitrogens with one attached hydrogen (secondary N) is 1. The standard InChI is InChI=1S/C23H38N2O6/c1-22(2,3)31-21(28)24-17(14-10-8-7-9-11-14)19(26)25-13-16-15(12-23(4,5)30-16)18(25)20(27)29-6/h14-18H,7-13H2,1-6H3,(H,24,28)/t15-,16-,17-,18-/m0/s1. The number of nitrogens with zero attached hydrogens (tertiary/aromatic N) is 1. The van der Waals surface area contributed by atoms with Crippen molar-refractivity contribution in [2.45, 2.75) is 103 Å². The Bertz CT molecular complexity index is 695. The second-order valence-electron chi connectivity index (χ2n) is 10.8. The minimum Gasteiger partial charge on any atom is -0.467 e. The van der Waals surface area contributed by atoms with Gasteiger partial charge < -0.3 is 24.4 Å². The molecule has 3 rings (SSSR count). The number of carbonyl (C=O) groups excluding carboxylic acids is 3. The number of carbonyl (C=O) groups is 3. The van der Waals surface area contributed by atoms with Crippen molar-refractivity contribution in [3.8, 4) is 0 Å². The predicted molar refractivity (Wildman–Crippen MR) is 114 cm³/mol. The van der Waals surface area contributed by atoms with E-state index >= 15 is 0 Å². The molecule has 31 heavy (non-hydrogen) atoms. The lowest BCUT2D eigenvalue weighted by Crippen LogP contribution is -2.56. The molecule has 0 radical (unpaired) electrons. The summed E-state index contributed by atoms with van der Waals surface area (Å²) in [6.45, 7) is 9.70. The molecule has 2 saturated heterocycles. The van der Waals surface area contributed by atoms with Gasteiger partial charge in [-0.1, -0.05) is 19.3 Å². The van der Waals surface area contributed by atoms with Crippen molar-refractivity contribution in [2.24, 2.45) is 11.8 Å². The van der Waals surface area contributed by atoms with Crippen LogP contribution in [-0.2, 0) is 23.8 Å². The number of hydrogen-bond donors (Lipinski definition) is 1. The van der Waals surface area contributed by atoms with Crippen molar-refractivity contribution < 1.29 is 28.6 Å². The van der Waals surface area contributed by atoms with Gasteiger partial charge in [0, 0.05) is 12.5 Å². The molecule has 0 bridgehead atoms. The van der Waals surface area contributed by atoms with Gasteiger partial charge in [-0.2, -0.15) is 0 Å². The first-order chi connectivity index (χ1) is 14.4. The second kappa shape index (κ2) is 8.96. The molecule has 8 nitrogen and oxygen atoms in total. The molecule has 0 unspecified atom stereocenters. The van der Waals surface area contributed by atoms with Gasteiger partial charge in [0.25, 0.3) is 0 Å². The van der Waals surface area contributed by atoms with Crippen LogP contribution in [0.2, 0.25) is 0 Å². The van der Waals surface area contributed by atoms with Crippen LogP contribution in [0.1, 0.15) is 73.1 Å². The SMILES string of the molecule is COC(=O)[C@@H]1[C@H]2CC(C)(C)O[C@H]2CN1C(=O)[C@@H](NC(=O)OC(C)(C)C)C1CCCCC1. The summed E-state index contributed by atoms with van der Waals surface area (Å²) < 4.78 is 16.6. The highest BCUT2D eigenvalue weighted by Crippen LogP contribution is 2.43. The molecule has 1 N–H and O–H groups in total. The van der Waals surface area contributed by atoms with Gasteiger partial charge in [-0.15, -0.1) is 0 Å². The molecule has 3 fully saturated rings. The normalized spacial score (nSPS) is 29.2.